The molecule has 1 atom stereocenters. The van der Waals surface area contributed by atoms with Gasteiger partial charge in [0.2, 0.25) is 12.6 Å². The molecule has 6 rings (SSSR count). The third-order valence-corrected chi connectivity index (χ3v) is 7.05. The zero-order chi connectivity index (χ0) is 26.4. The molecule has 0 saturated heterocycles. The largest absolute Gasteiger partial charge is 0.494 e. The summed E-state index contributed by atoms with van der Waals surface area (Å²) in [6.45, 7) is 7.26. The van der Waals surface area contributed by atoms with Crippen LogP contribution in [-0.4, -0.2) is 24.2 Å². The number of hydrogen-bond acceptors (Lipinski definition) is 6. The van der Waals surface area contributed by atoms with Crippen LogP contribution < -0.4 is 19.6 Å². The third kappa shape index (κ3) is 4.28. The van der Waals surface area contributed by atoms with Gasteiger partial charge < -0.3 is 23.5 Å². The first kappa shape index (κ1) is 24.1. The highest BCUT2D eigenvalue weighted by molar-refractivity contribution is 5.99. The Hall–Kier alpha value is -4.26. The number of benzene rings is 3. The minimum atomic E-state index is -0.627. The molecule has 1 aromatic heterocycles. The zero-order valence-electron chi connectivity index (χ0n) is 21.7. The SMILES string of the molecule is Cc1ccc2oc3c(c(=O)c2c1)[C@H](c1cccc(OCCC(C)C)c1)N(Cc1ccc2c(c1)OCO2)C3=O. The average Bonchev–Trinajstić information content (AvgIpc) is 3.47. The Balaban J connectivity index is 1.45. The van der Waals surface area contributed by atoms with Crippen LogP contribution in [0.4, 0.5) is 0 Å². The monoisotopic (exact) mass is 511 g/mol. The van der Waals surface area contributed by atoms with Crippen LogP contribution in [0.1, 0.15) is 59.1 Å². The lowest BCUT2D eigenvalue weighted by Crippen LogP contribution is -2.29. The lowest BCUT2D eigenvalue weighted by atomic mass is 9.97. The first-order valence-corrected chi connectivity index (χ1v) is 12.9. The van der Waals surface area contributed by atoms with E-state index in [1.807, 2.05) is 61.5 Å². The van der Waals surface area contributed by atoms with E-state index < -0.39 is 6.04 Å². The lowest BCUT2D eigenvalue weighted by molar-refractivity contribution is 0.0714. The van der Waals surface area contributed by atoms with Gasteiger partial charge in [-0.25, -0.2) is 0 Å². The van der Waals surface area contributed by atoms with E-state index in [1.54, 1.807) is 11.0 Å². The van der Waals surface area contributed by atoms with Gasteiger partial charge in [-0.05, 0) is 66.8 Å². The number of carbonyl (C=O) groups is 1. The molecule has 1 amide bonds. The second kappa shape index (κ2) is 9.56. The second-order valence-corrected chi connectivity index (χ2v) is 10.3. The van der Waals surface area contributed by atoms with Crippen LogP contribution in [0.15, 0.2) is 69.9 Å². The molecule has 0 unspecified atom stereocenters. The van der Waals surface area contributed by atoms with Crippen molar-refractivity contribution in [1.82, 2.24) is 4.90 Å². The average molecular weight is 512 g/mol. The lowest BCUT2D eigenvalue weighted by Gasteiger charge is -2.25. The van der Waals surface area contributed by atoms with Crippen LogP contribution in [0.5, 0.6) is 17.2 Å². The molecular weight excluding hydrogens is 482 g/mol. The maximum atomic E-state index is 13.9. The van der Waals surface area contributed by atoms with Crippen molar-refractivity contribution in [2.24, 2.45) is 5.92 Å². The molecule has 4 aromatic rings. The van der Waals surface area contributed by atoms with E-state index in [0.29, 0.717) is 46.3 Å². The molecular formula is C31H29NO6. The van der Waals surface area contributed by atoms with Crippen molar-refractivity contribution in [1.29, 1.82) is 0 Å². The number of amides is 1. The van der Waals surface area contributed by atoms with E-state index in [9.17, 15) is 9.59 Å². The smallest absolute Gasteiger partial charge is 0.291 e. The Morgan fingerprint density at radius 1 is 1.00 bits per heavy atom. The van der Waals surface area contributed by atoms with E-state index in [2.05, 4.69) is 13.8 Å². The topological polar surface area (TPSA) is 78.2 Å². The van der Waals surface area contributed by atoms with E-state index in [4.69, 9.17) is 18.6 Å². The molecule has 0 spiro atoms. The normalized spacial score (nSPS) is 15.9. The summed E-state index contributed by atoms with van der Waals surface area (Å²) in [5.74, 6) is 2.30. The number of fused-ring (bicyclic) bond motifs is 3. The minimum absolute atomic E-state index is 0.0863. The van der Waals surface area contributed by atoms with Crippen molar-refractivity contribution >= 4 is 16.9 Å². The number of nitrogens with zero attached hydrogens (tertiary/aromatic N) is 1. The number of rotatable bonds is 7. The fraction of sp³-hybridized carbons (Fsp3) is 0.290. The summed E-state index contributed by atoms with van der Waals surface area (Å²) in [5, 5.41) is 0.468. The minimum Gasteiger partial charge on any atom is -0.494 e. The summed E-state index contributed by atoms with van der Waals surface area (Å²) in [5.41, 5.74) is 3.16. The van der Waals surface area contributed by atoms with Crippen molar-refractivity contribution in [3.05, 3.63) is 98.9 Å². The van der Waals surface area contributed by atoms with Crippen LogP contribution in [0, 0.1) is 12.8 Å². The quantitative estimate of drug-likeness (QED) is 0.303. The van der Waals surface area contributed by atoms with E-state index in [0.717, 1.165) is 23.1 Å². The number of ether oxygens (including phenoxy) is 3. The first-order chi connectivity index (χ1) is 18.4. The van der Waals surface area contributed by atoms with Crippen molar-refractivity contribution in [3.63, 3.8) is 0 Å². The van der Waals surface area contributed by atoms with Gasteiger partial charge in [-0.15, -0.1) is 0 Å². The molecule has 7 heteroatoms. The summed E-state index contributed by atoms with van der Waals surface area (Å²) in [6, 6.07) is 18.1. The maximum Gasteiger partial charge on any atom is 0.291 e. The fourth-order valence-electron chi connectivity index (χ4n) is 5.07. The molecule has 2 aliphatic rings. The zero-order valence-corrected chi connectivity index (χ0v) is 21.7. The Kier molecular flexibility index (Phi) is 6.06. The number of aryl methyl sites for hydroxylation is 1. The van der Waals surface area contributed by atoms with Gasteiger partial charge in [-0.1, -0.05) is 43.7 Å². The van der Waals surface area contributed by atoms with Crippen molar-refractivity contribution in [2.45, 2.75) is 39.8 Å². The van der Waals surface area contributed by atoms with Crippen molar-refractivity contribution < 1.29 is 23.4 Å². The van der Waals surface area contributed by atoms with Crippen LogP contribution >= 0.6 is 0 Å². The highest BCUT2D eigenvalue weighted by Crippen LogP contribution is 2.41. The van der Waals surface area contributed by atoms with Gasteiger partial charge in [0.1, 0.15) is 11.3 Å². The van der Waals surface area contributed by atoms with Gasteiger partial charge in [-0.2, -0.15) is 0 Å². The molecule has 0 N–H and O–H groups in total. The van der Waals surface area contributed by atoms with Gasteiger partial charge in [0.05, 0.1) is 23.6 Å². The Morgan fingerprint density at radius 3 is 2.68 bits per heavy atom. The second-order valence-electron chi connectivity index (χ2n) is 10.3. The van der Waals surface area contributed by atoms with Gasteiger partial charge in [0.15, 0.2) is 16.9 Å². The van der Waals surface area contributed by atoms with Crippen LogP contribution in [0.2, 0.25) is 0 Å². The number of carbonyl (C=O) groups excluding carboxylic acids is 1. The molecule has 3 aromatic carbocycles. The maximum absolute atomic E-state index is 13.9. The van der Waals surface area contributed by atoms with Gasteiger partial charge in [-0.3, -0.25) is 9.59 Å². The van der Waals surface area contributed by atoms with Crippen LogP contribution in [0.25, 0.3) is 11.0 Å². The standard InChI is InChI=1S/C31H29NO6/c1-18(2)11-12-35-22-6-4-5-21(15-22)28-27-29(33)23-13-19(3)7-9-24(23)38-30(27)31(34)32(28)16-20-8-10-25-26(14-20)37-17-36-25/h4-10,13-15,18,28H,11-12,16-17H2,1-3H3/t28-/m0/s1. The van der Waals surface area contributed by atoms with E-state index in [1.165, 1.54) is 0 Å². The Morgan fingerprint density at radius 2 is 1.84 bits per heavy atom. The predicted octanol–water partition coefficient (Wildman–Crippen LogP) is 6.00. The first-order valence-electron chi connectivity index (χ1n) is 12.9. The third-order valence-electron chi connectivity index (χ3n) is 7.05. The molecule has 0 radical (unpaired) electrons. The molecule has 38 heavy (non-hydrogen) atoms. The molecule has 0 aliphatic carbocycles. The molecule has 7 nitrogen and oxygen atoms in total. The molecule has 0 bridgehead atoms. The molecule has 0 saturated carbocycles. The Labute approximate surface area is 220 Å². The highest BCUT2D eigenvalue weighted by Gasteiger charge is 2.43. The fourth-order valence-corrected chi connectivity index (χ4v) is 5.07. The molecule has 3 heterocycles. The summed E-state index contributed by atoms with van der Waals surface area (Å²) >= 11 is 0. The van der Waals surface area contributed by atoms with Gasteiger partial charge >= 0.3 is 0 Å². The highest BCUT2D eigenvalue weighted by atomic mass is 16.7. The van der Waals surface area contributed by atoms with Crippen LogP contribution in [0.3, 0.4) is 0 Å². The summed E-state index contributed by atoms with van der Waals surface area (Å²) in [7, 11) is 0. The molecule has 194 valence electrons. The van der Waals surface area contributed by atoms with Crippen molar-refractivity contribution in [2.75, 3.05) is 13.4 Å². The summed E-state index contributed by atoms with van der Waals surface area (Å²) < 4.78 is 23.1. The van der Waals surface area contributed by atoms with Crippen LogP contribution in [-0.2, 0) is 6.54 Å². The molecule has 0 fully saturated rings. The number of hydrogen-bond donors (Lipinski definition) is 0. The van der Waals surface area contributed by atoms with E-state index in [-0.39, 0.29) is 30.4 Å². The van der Waals surface area contributed by atoms with Gasteiger partial charge in [0.25, 0.3) is 5.91 Å². The predicted molar refractivity (Wildman–Crippen MR) is 143 cm³/mol. The van der Waals surface area contributed by atoms with E-state index >= 15 is 0 Å². The molecule has 2 aliphatic heterocycles. The summed E-state index contributed by atoms with van der Waals surface area (Å²) in [6.07, 6.45) is 0.931. The van der Waals surface area contributed by atoms with Crippen molar-refractivity contribution in [3.8, 4) is 17.2 Å². The Bertz CT molecular complexity index is 1600. The summed E-state index contributed by atoms with van der Waals surface area (Å²) in [4.78, 5) is 29.4. The van der Waals surface area contributed by atoms with Gasteiger partial charge in [0, 0.05) is 6.54 Å².